The van der Waals surface area contributed by atoms with Crippen LogP contribution in [0.1, 0.15) is 67.4 Å². The van der Waals surface area contributed by atoms with E-state index in [2.05, 4.69) is 57.2 Å². The molecule has 0 N–H and O–H groups in total. The van der Waals surface area contributed by atoms with E-state index >= 15 is 0 Å². The van der Waals surface area contributed by atoms with Crippen LogP contribution >= 0.6 is 0 Å². The molecule has 2 aromatic rings. The van der Waals surface area contributed by atoms with Crippen LogP contribution in [0.5, 0.6) is 0 Å². The predicted octanol–water partition coefficient (Wildman–Crippen LogP) is 6.00. The van der Waals surface area contributed by atoms with Crippen LogP contribution < -0.4 is 0 Å². The molecule has 0 radical (unpaired) electrons. The minimum absolute atomic E-state index is 0.256. The number of ether oxygens (including phenoxy) is 1. The van der Waals surface area contributed by atoms with E-state index in [1.165, 1.54) is 48.6 Å². The molecule has 0 amide bonds. The smallest absolute Gasteiger partial charge is 0.337 e. The Kier molecular flexibility index (Phi) is 4.99. The Hall–Kier alpha value is -2.09. The maximum atomic E-state index is 12.1. The lowest BCUT2D eigenvalue weighted by Crippen LogP contribution is -2.17. The van der Waals surface area contributed by atoms with Crippen molar-refractivity contribution in [3.63, 3.8) is 0 Å². The van der Waals surface area contributed by atoms with Gasteiger partial charge in [0.1, 0.15) is 0 Å². The second kappa shape index (κ2) is 7.03. The number of methoxy groups -OCH3 is 1. The van der Waals surface area contributed by atoms with Crippen molar-refractivity contribution in [1.29, 1.82) is 0 Å². The highest BCUT2D eigenvalue weighted by molar-refractivity contribution is 5.90. The van der Waals surface area contributed by atoms with Gasteiger partial charge in [-0.25, -0.2) is 4.79 Å². The summed E-state index contributed by atoms with van der Waals surface area (Å²) < 4.78 is 4.95. The van der Waals surface area contributed by atoms with E-state index in [9.17, 15) is 4.79 Å². The predicted molar refractivity (Wildman–Crippen MR) is 103 cm³/mol. The van der Waals surface area contributed by atoms with Crippen molar-refractivity contribution < 1.29 is 9.53 Å². The Labute approximate surface area is 151 Å². The van der Waals surface area contributed by atoms with Gasteiger partial charge in [-0.1, -0.05) is 57.5 Å². The zero-order valence-electron chi connectivity index (χ0n) is 15.8. The zero-order chi connectivity index (χ0) is 18.0. The summed E-state index contributed by atoms with van der Waals surface area (Å²) >= 11 is 0. The summed E-state index contributed by atoms with van der Waals surface area (Å²) in [6, 6.07) is 14.8. The second-order valence-electron chi connectivity index (χ2n) is 7.78. The molecule has 1 aliphatic rings. The van der Waals surface area contributed by atoms with Crippen LogP contribution in [-0.4, -0.2) is 13.1 Å². The summed E-state index contributed by atoms with van der Waals surface area (Å²) in [5.41, 5.74) is 6.03. The number of esters is 1. The van der Waals surface area contributed by atoms with Crippen molar-refractivity contribution in [2.75, 3.05) is 7.11 Å². The molecule has 2 nitrogen and oxygen atoms in total. The molecule has 1 fully saturated rings. The fraction of sp³-hybridized carbons (Fsp3) is 0.435. The Morgan fingerprint density at radius 3 is 2.64 bits per heavy atom. The van der Waals surface area contributed by atoms with Gasteiger partial charge in [-0.3, -0.25) is 0 Å². The van der Waals surface area contributed by atoms with E-state index in [0.717, 1.165) is 6.42 Å². The van der Waals surface area contributed by atoms with E-state index in [0.29, 0.717) is 11.5 Å². The fourth-order valence-corrected chi connectivity index (χ4v) is 4.22. The summed E-state index contributed by atoms with van der Waals surface area (Å²) in [6.45, 7) is 6.88. The van der Waals surface area contributed by atoms with E-state index in [1.807, 2.05) is 6.07 Å². The van der Waals surface area contributed by atoms with Gasteiger partial charge in [-0.05, 0) is 65.0 Å². The quantitative estimate of drug-likeness (QED) is 0.640. The molecule has 0 saturated heterocycles. The number of carbonyl (C=O) groups is 1. The molecule has 0 heterocycles. The third-order valence-corrected chi connectivity index (χ3v) is 5.75. The van der Waals surface area contributed by atoms with Crippen LogP contribution in [0.2, 0.25) is 0 Å². The first kappa shape index (κ1) is 17.7. The maximum Gasteiger partial charge on any atom is 0.337 e. The highest BCUT2D eigenvalue weighted by Crippen LogP contribution is 2.51. The van der Waals surface area contributed by atoms with Crippen molar-refractivity contribution in [3.05, 3.63) is 59.2 Å². The van der Waals surface area contributed by atoms with Crippen molar-refractivity contribution in [2.45, 2.75) is 52.4 Å². The summed E-state index contributed by atoms with van der Waals surface area (Å²) in [5.74, 6) is 0.211. The largest absolute Gasteiger partial charge is 0.465 e. The SMILES string of the molecule is CCc1cccc(-c2ccc(C(=O)OC)cc2C2CCCC2(C)C)c1. The average Bonchev–Trinajstić information content (AvgIpc) is 2.99. The lowest BCUT2D eigenvalue weighted by Gasteiger charge is -2.29. The topological polar surface area (TPSA) is 26.3 Å². The first-order valence-electron chi connectivity index (χ1n) is 9.28. The Bertz CT molecular complexity index is 773. The van der Waals surface area contributed by atoms with Gasteiger partial charge in [0.15, 0.2) is 0 Å². The Morgan fingerprint density at radius 2 is 2.00 bits per heavy atom. The Morgan fingerprint density at radius 1 is 1.20 bits per heavy atom. The third kappa shape index (κ3) is 3.49. The van der Waals surface area contributed by atoms with Crippen LogP contribution in [0.3, 0.4) is 0 Å². The van der Waals surface area contributed by atoms with E-state index < -0.39 is 0 Å². The minimum atomic E-state index is -0.258. The second-order valence-corrected chi connectivity index (χ2v) is 7.78. The number of aryl methyl sites for hydroxylation is 1. The summed E-state index contributed by atoms with van der Waals surface area (Å²) in [7, 11) is 1.44. The average molecular weight is 336 g/mol. The lowest BCUT2D eigenvalue weighted by atomic mass is 9.75. The molecule has 1 atom stereocenters. The normalized spacial score (nSPS) is 19.0. The van der Waals surface area contributed by atoms with E-state index in [-0.39, 0.29) is 11.4 Å². The first-order valence-corrected chi connectivity index (χ1v) is 9.28. The molecular weight excluding hydrogens is 308 g/mol. The van der Waals surface area contributed by atoms with Crippen molar-refractivity contribution in [2.24, 2.45) is 5.41 Å². The van der Waals surface area contributed by atoms with Gasteiger partial charge in [-0.2, -0.15) is 0 Å². The number of carbonyl (C=O) groups excluding carboxylic acids is 1. The lowest BCUT2D eigenvalue weighted by molar-refractivity contribution is 0.0600. The van der Waals surface area contributed by atoms with Gasteiger partial charge in [0.2, 0.25) is 0 Å². The molecule has 2 heteroatoms. The van der Waals surface area contributed by atoms with Crippen LogP contribution in [0.15, 0.2) is 42.5 Å². The molecule has 1 saturated carbocycles. The molecule has 1 aliphatic carbocycles. The summed E-state index contributed by atoms with van der Waals surface area (Å²) in [6.07, 6.45) is 4.68. The molecule has 0 aliphatic heterocycles. The standard InChI is InChI=1S/C23H28O2/c1-5-16-8-6-9-17(14-16)19-12-11-18(22(24)25-4)15-20(19)21-10-7-13-23(21,2)3/h6,8-9,11-12,14-15,21H,5,7,10,13H2,1-4H3. The zero-order valence-corrected chi connectivity index (χ0v) is 15.8. The van der Waals surface area contributed by atoms with Crippen molar-refractivity contribution >= 4 is 5.97 Å². The molecule has 0 spiro atoms. The van der Waals surface area contributed by atoms with E-state index in [1.54, 1.807) is 0 Å². The molecule has 0 bridgehead atoms. The molecular formula is C23H28O2. The third-order valence-electron chi connectivity index (χ3n) is 5.75. The summed E-state index contributed by atoms with van der Waals surface area (Å²) in [5, 5.41) is 0. The first-order chi connectivity index (χ1) is 12.0. The van der Waals surface area contributed by atoms with Crippen molar-refractivity contribution in [1.82, 2.24) is 0 Å². The van der Waals surface area contributed by atoms with Gasteiger partial charge in [0.25, 0.3) is 0 Å². The van der Waals surface area contributed by atoms with Crippen molar-refractivity contribution in [3.8, 4) is 11.1 Å². The highest BCUT2D eigenvalue weighted by atomic mass is 16.5. The highest BCUT2D eigenvalue weighted by Gasteiger charge is 2.37. The fourth-order valence-electron chi connectivity index (χ4n) is 4.22. The van der Waals surface area contributed by atoms with Crippen LogP contribution in [0, 0.1) is 5.41 Å². The number of hydrogen-bond donors (Lipinski definition) is 0. The van der Waals surface area contributed by atoms with E-state index in [4.69, 9.17) is 4.74 Å². The molecule has 3 rings (SSSR count). The number of hydrogen-bond acceptors (Lipinski definition) is 2. The molecule has 1 unspecified atom stereocenters. The monoisotopic (exact) mass is 336 g/mol. The maximum absolute atomic E-state index is 12.1. The van der Waals surface area contributed by atoms with Gasteiger partial charge >= 0.3 is 5.97 Å². The van der Waals surface area contributed by atoms with Crippen LogP contribution in [0.4, 0.5) is 0 Å². The minimum Gasteiger partial charge on any atom is -0.465 e. The number of benzene rings is 2. The van der Waals surface area contributed by atoms with Gasteiger partial charge in [0, 0.05) is 0 Å². The molecule has 2 aromatic carbocycles. The summed E-state index contributed by atoms with van der Waals surface area (Å²) in [4.78, 5) is 12.1. The van der Waals surface area contributed by atoms with Crippen LogP contribution in [-0.2, 0) is 11.2 Å². The van der Waals surface area contributed by atoms with Gasteiger partial charge in [-0.15, -0.1) is 0 Å². The number of rotatable bonds is 4. The van der Waals surface area contributed by atoms with Gasteiger partial charge in [0.05, 0.1) is 12.7 Å². The molecule has 0 aromatic heterocycles. The van der Waals surface area contributed by atoms with Gasteiger partial charge < -0.3 is 4.74 Å². The Balaban J connectivity index is 2.15. The van der Waals surface area contributed by atoms with Crippen LogP contribution in [0.25, 0.3) is 11.1 Å². The molecule has 25 heavy (non-hydrogen) atoms. The molecule has 132 valence electrons.